The summed E-state index contributed by atoms with van der Waals surface area (Å²) in [5.74, 6) is 0.129. The fourth-order valence-electron chi connectivity index (χ4n) is 2.11. The van der Waals surface area contributed by atoms with Gasteiger partial charge in [-0.1, -0.05) is 13.3 Å². The molecule has 0 spiro atoms. The molecule has 1 saturated heterocycles. The van der Waals surface area contributed by atoms with Crippen LogP contribution in [-0.4, -0.2) is 56.2 Å². The maximum atomic E-state index is 11.6. The van der Waals surface area contributed by atoms with Crippen LogP contribution in [0.3, 0.4) is 0 Å². The SMILES string of the molecule is CCN1CCOC(CNC(=O)CCCCCN)C1. The van der Waals surface area contributed by atoms with Gasteiger partial charge in [-0.05, 0) is 25.9 Å². The number of amides is 1. The van der Waals surface area contributed by atoms with Gasteiger partial charge < -0.3 is 15.8 Å². The lowest BCUT2D eigenvalue weighted by Crippen LogP contribution is -2.47. The van der Waals surface area contributed by atoms with Crippen LogP contribution in [0.5, 0.6) is 0 Å². The minimum atomic E-state index is 0.129. The summed E-state index contributed by atoms with van der Waals surface area (Å²) in [5, 5.41) is 2.95. The van der Waals surface area contributed by atoms with Gasteiger partial charge in [0.25, 0.3) is 0 Å². The Hall–Kier alpha value is -0.650. The van der Waals surface area contributed by atoms with E-state index in [1.165, 1.54) is 0 Å². The van der Waals surface area contributed by atoms with Gasteiger partial charge in [0.15, 0.2) is 0 Å². The van der Waals surface area contributed by atoms with E-state index in [-0.39, 0.29) is 12.0 Å². The van der Waals surface area contributed by atoms with Gasteiger partial charge in [-0.15, -0.1) is 0 Å². The molecule has 0 bridgehead atoms. The summed E-state index contributed by atoms with van der Waals surface area (Å²) in [5.41, 5.74) is 5.41. The number of hydrogen-bond acceptors (Lipinski definition) is 4. The quantitative estimate of drug-likeness (QED) is 0.615. The highest BCUT2D eigenvalue weighted by molar-refractivity contribution is 5.75. The second-order valence-corrected chi connectivity index (χ2v) is 4.79. The van der Waals surface area contributed by atoms with E-state index >= 15 is 0 Å². The molecular weight excluding hydrogens is 230 g/mol. The fraction of sp³-hybridized carbons (Fsp3) is 0.923. The molecule has 1 heterocycles. The summed E-state index contributed by atoms with van der Waals surface area (Å²) in [7, 11) is 0. The van der Waals surface area contributed by atoms with Crippen molar-refractivity contribution in [3.63, 3.8) is 0 Å². The molecule has 5 nitrogen and oxygen atoms in total. The number of morpholine rings is 1. The van der Waals surface area contributed by atoms with Crippen molar-refractivity contribution in [3.8, 4) is 0 Å². The molecule has 1 aliphatic rings. The molecule has 0 aromatic heterocycles. The van der Waals surface area contributed by atoms with Gasteiger partial charge in [-0.3, -0.25) is 9.69 Å². The first-order valence-electron chi connectivity index (χ1n) is 7.07. The Morgan fingerprint density at radius 2 is 2.28 bits per heavy atom. The molecule has 1 atom stereocenters. The summed E-state index contributed by atoms with van der Waals surface area (Å²) in [6.45, 7) is 7.23. The molecule has 1 aliphatic heterocycles. The number of hydrogen-bond donors (Lipinski definition) is 2. The van der Waals surface area contributed by atoms with Crippen LogP contribution in [0.25, 0.3) is 0 Å². The highest BCUT2D eigenvalue weighted by Gasteiger charge is 2.19. The third kappa shape index (κ3) is 6.33. The van der Waals surface area contributed by atoms with E-state index in [0.717, 1.165) is 45.5 Å². The molecule has 1 amide bonds. The first-order chi connectivity index (χ1) is 8.76. The minimum Gasteiger partial charge on any atom is -0.374 e. The van der Waals surface area contributed by atoms with E-state index < -0.39 is 0 Å². The second kappa shape index (κ2) is 9.30. The molecule has 0 aliphatic carbocycles. The normalized spacial score (nSPS) is 20.9. The number of nitrogens with zero attached hydrogens (tertiary/aromatic N) is 1. The van der Waals surface area contributed by atoms with Crippen LogP contribution in [-0.2, 0) is 9.53 Å². The van der Waals surface area contributed by atoms with E-state index in [0.29, 0.717) is 19.5 Å². The lowest BCUT2D eigenvalue weighted by molar-refractivity contribution is -0.122. The zero-order valence-corrected chi connectivity index (χ0v) is 11.5. The zero-order valence-electron chi connectivity index (χ0n) is 11.5. The largest absolute Gasteiger partial charge is 0.374 e. The van der Waals surface area contributed by atoms with Crippen LogP contribution in [0.15, 0.2) is 0 Å². The van der Waals surface area contributed by atoms with Gasteiger partial charge in [0, 0.05) is 26.1 Å². The van der Waals surface area contributed by atoms with Gasteiger partial charge >= 0.3 is 0 Å². The molecule has 3 N–H and O–H groups in total. The van der Waals surface area contributed by atoms with Gasteiger partial charge in [-0.25, -0.2) is 0 Å². The van der Waals surface area contributed by atoms with Crippen molar-refractivity contribution >= 4 is 5.91 Å². The van der Waals surface area contributed by atoms with E-state index in [9.17, 15) is 4.79 Å². The predicted molar refractivity (Wildman–Crippen MR) is 72.4 cm³/mol. The van der Waals surface area contributed by atoms with Crippen LogP contribution in [0.1, 0.15) is 32.6 Å². The van der Waals surface area contributed by atoms with Crippen LogP contribution in [0.2, 0.25) is 0 Å². The number of carbonyl (C=O) groups excluding carboxylic acids is 1. The van der Waals surface area contributed by atoms with Crippen molar-refractivity contribution < 1.29 is 9.53 Å². The van der Waals surface area contributed by atoms with E-state index in [1.807, 2.05) is 0 Å². The van der Waals surface area contributed by atoms with Crippen molar-refractivity contribution in [1.82, 2.24) is 10.2 Å². The first kappa shape index (κ1) is 15.4. The highest BCUT2D eigenvalue weighted by Crippen LogP contribution is 2.04. The molecule has 0 saturated carbocycles. The number of nitrogens with two attached hydrogens (primary N) is 1. The predicted octanol–water partition coefficient (Wildman–Crippen LogP) is 0.342. The number of likely N-dealkylation sites (N-methyl/N-ethyl adjacent to an activating group) is 1. The van der Waals surface area contributed by atoms with E-state index in [4.69, 9.17) is 10.5 Å². The van der Waals surface area contributed by atoms with Gasteiger partial charge in [0.05, 0.1) is 12.7 Å². The third-order valence-electron chi connectivity index (χ3n) is 3.30. The van der Waals surface area contributed by atoms with Gasteiger partial charge in [0.2, 0.25) is 5.91 Å². The number of nitrogens with one attached hydrogen (secondary N) is 1. The second-order valence-electron chi connectivity index (χ2n) is 4.79. The lowest BCUT2D eigenvalue weighted by atomic mass is 10.2. The van der Waals surface area contributed by atoms with Crippen molar-refractivity contribution in [1.29, 1.82) is 0 Å². The molecule has 106 valence electrons. The van der Waals surface area contributed by atoms with Crippen LogP contribution >= 0.6 is 0 Å². The summed E-state index contributed by atoms with van der Waals surface area (Å²) in [6.07, 6.45) is 3.71. The Morgan fingerprint density at radius 1 is 1.44 bits per heavy atom. The van der Waals surface area contributed by atoms with Crippen molar-refractivity contribution in [3.05, 3.63) is 0 Å². The molecule has 1 fully saturated rings. The summed E-state index contributed by atoms with van der Waals surface area (Å²) in [6, 6.07) is 0. The zero-order chi connectivity index (χ0) is 13.2. The maximum Gasteiger partial charge on any atom is 0.220 e. The molecule has 0 radical (unpaired) electrons. The Bertz CT molecular complexity index is 236. The molecule has 5 heteroatoms. The Balaban J connectivity index is 2.06. The summed E-state index contributed by atoms with van der Waals surface area (Å²) >= 11 is 0. The Morgan fingerprint density at radius 3 is 3.00 bits per heavy atom. The molecule has 0 aromatic rings. The molecule has 1 rings (SSSR count). The van der Waals surface area contributed by atoms with E-state index in [2.05, 4.69) is 17.1 Å². The minimum absolute atomic E-state index is 0.129. The lowest BCUT2D eigenvalue weighted by Gasteiger charge is -2.32. The number of carbonyl (C=O) groups is 1. The smallest absolute Gasteiger partial charge is 0.220 e. The summed E-state index contributed by atoms with van der Waals surface area (Å²) < 4.78 is 5.63. The topological polar surface area (TPSA) is 67.6 Å². The van der Waals surface area contributed by atoms with Crippen molar-refractivity contribution in [2.45, 2.75) is 38.7 Å². The number of ether oxygens (including phenoxy) is 1. The van der Waals surface area contributed by atoms with Crippen molar-refractivity contribution in [2.24, 2.45) is 5.73 Å². The molecule has 1 unspecified atom stereocenters. The Labute approximate surface area is 110 Å². The molecule has 0 aromatic carbocycles. The Kier molecular flexibility index (Phi) is 7.96. The monoisotopic (exact) mass is 257 g/mol. The molecule has 18 heavy (non-hydrogen) atoms. The van der Waals surface area contributed by atoms with Crippen LogP contribution < -0.4 is 11.1 Å². The average Bonchev–Trinajstić information content (AvgIpc) is 2.41. The van der Waals surface area contributed by atoms with Crippen LogP contribution in [0.4, 0.5) is 0 Å². The van der Waals surface area contributed by atoms with Gasteiger partial charge in [-0.2, -0.15) is 0 Å². The van der Waals surface area contributed by atoms with Crippen LogP contribution in [0, 0.1) is 0 Å². The standard InChI is InChI=1S/C13H27N3O2/c1-2-16-8-9-18-12(11-16)10-15-13(17)6-4-3-5-7-14/h12H,2-11,14H2,1H3,(H,15,17). The highest BCUT2D eigenvalue weighted by atomic mass is 16.5. The first-order valence-corrected chi connectivity index (χ1v) is 7.07. The number of unbranched alkanes of at least 4 members (excludes halogenated alkanes) is 2. The molecular formula is C13H27N3O2. The average molecular weight is 257 g/mol. The maximum absolute atomic E-state index is 11.6. The third-order valence-corrected chi connectivity index (χ3v) is 3.30. The van der Waals surface area contributed by atoms with E-state index in [1.54, 1.807) is 0 Å². The fourth-order valence-corrected chi connectivity index (χ4v) is 2.11. The van der Waals surface area contributed by atoms with Gasteiger partial charge in [0.1, 0.15) is 0 Å². The number of rotatable bonds is 8. The summed E-state index contributed by atoms with van der Waals surface area (Å²) in [4.78, 5) is 13.9. The van der Waals surface area contributed by atoms with Crippen molar-refractivity contribution in [2.75, 3.05) is 39.3 Å².